The number of carboxylic acid groups (broad SMARTS) is 1. The van der Waals surface area contributed by atoms with Crippen molar-refractivity contribution in [3.63, 3.8) is 0 Å². The molecule has 0 bridgehead atoms. The number of methoxy groups -OCH3 is 1. The Bertz CT molecular complexity index is 536. The second-order valence-electron chi connectivity index (χ2n) is 4.98. The lowest BCUT2D eigenvalue weighted by atomic mass is 9.75. The van der Waals surface area contributed by atoms with Crippen LogP contribution < -0.4 is 10.1 Å². The summed E-state index contributed by atoms with van der Waals surface area (Å²) < 4.78 is 44.8. The van der Waals surface area contributed by atoms with Gasteiger partial charge in [0.1, 0.15) is 0 Å². The third-order valence-corrected chi connectivity index (χ3v) is 3.82. The highest BCUT2D eigenvalue weighted by molar-refractivity contribution is 5.77. The van der Waals surface area contributed by atoms with Gasteiger partial charge in [0.05, 0.1) is 7.11 Å². The molecule has 1 fully saturated rings. The summed E-state index contributed by atoms with van der Waals surface area (Å²) in [5.74, 6) is -2.69. The van der Waals surface area contributed by atoms with Crippen LogP contribution in [0.2, 0.25) is 0 Å². The molecule has 2 atom stereocenters. The third kappa shape index (κ3) is 2.67. The van der Waals surface area contributed by atoms with Crippen molar-refractivity contribution >= 4 is 5.97 Å². The number of alkyl halides is 3. The quantitative estimate of drug-likeness (QED) is 0.882. The summed E-state index contributed by atoms with van der Waals surface area (Å²) in [4.78, 5) is 15.3. The van der Waals surface area contributed by atoms with Gasteiger partial charge in [0.25, 0.3) is 0 Å². The van der Waals surface area contributed by atoms with Gasteiger partial charge < -0.3 is 15.2 Å². The smallest absolute Gasteiger partial charge is 0.406 e. The van der Waals surface area contributed by atoms with Crippen LogP contribution >= 0.6 is 0 Å². The van der Waals surface area contributed by atoms with Crippen LogP contribution in [0.5, 0.6) is 5.88 Å². The summed E-state index contributed by atoms with van der Waals surface area (Å²) in [6.07, 6.45) is -4.91. The molecule has 0 aromatic carbocycles. The number of pyridine rings is 1. The average Bonchev–Trinajstić information content (AvgIpc) is 2.83. The summed E-state index contributed by atoms with van der Waals surface area (Å²) in [6, 6.07) is 4.74. The van der Waals surface area contributed by atoms with E-state index in [1.807, 2.05) is 0 Å². The topological polar surface area (TPSA) is 71.5 Å². The van der Waals surface area contributed by atoms with E-state index in [0.29, 0.717) is 5.69 Å². The third-order valence-electron chi connectivity index (χ3n) is 3.82. The number of nitrogens with zero attached hydrogens (tertiary/aromatic N) is 1. The lowest BCUT2D eigenvalue weighted by molar-refractivity contribution is -0.236. The first-order valence-corrected chi connectivity index (χ1v) is 6.32. The van der Waals surface area contributed by atoms with Crippen molar-refractivity contribution in [2.24, 2.45) is 11.3 Å². The number of hydrogen-bond donors (Lipinski definition) is 2. The molecule has 0 amide bonds. The minimum atomic E-state index is -4.83. The molecule has 0 radical (unpaired) electrons. The Morgan fingerprint density at radius 3 is 2.86 bits per heavy atom. The normalized spacial score (nSPS) is 25.8. The van der Waals surface area contributed by atoms with Gasteiger partial charge in [-0.2, -0.15) is 13.2 Å². The molecule has 0 aliphatic carbocycles. The monoisotopic (exact) mass is 304 g/mol. The fourth-order valence-corrected chi connectivity index (χ4v) is 2.65. The summed E-state index contributed by atoms with van der Waals surface area (Å²) in [5, 5.41) is 11.7. The summed E-state index contributed by atoms with van der Waals surface area (Å²) in [6.45, 7) is -0.648. The van der Waals surface area contributed by atoms with Crippen molar-refractivity contribution in [1.82, 2.24) is 10.3 Å². The first kappa shape index (κ1) is 15.6. The van der Waals surface area contributed by atoms with Crippen LogP contribution in [0.4, 0.5) is 13.2 Å². The van der Waals surface area contributed by atoms with Crippen LogP contribution in [0.15, 0.2) is 18.2 Å². The van der Waals surface area contributed by atoms with Crippen LogP contribution in [0.3, 0.4) is 0 Å². The molecule has 5 nitrogen and oxygen atoms in total. The first-order chi connectivity index (χ1) is 9.81. The van der Waals surface area contributed by atoms with E-state index in [4.69, 9.17) is 9.84 Å². The Hall–Kier alpha value is -1.83. The molecule has 0 spiro atoms. The van der Waals surface area contributed by atoms with Crippen molar-refractivity contribution in [2.75, 3.05) is 20.2 Å². The van der Waals surface area contributed by atoms with Gasteiger partial charge >= 0.3 is 12.1 Å². The SMILES string of the molecule is COc1cccc(C[C@H]2CNC[C@]2(C(=O)O)C(F)(F)F)n1. The highest BCUT2D eigenvalue weighted by Crippen LogP contribution is 2.47. The van der Waals surface area contributed by atoms with Gasteiger partial charge in [0.2, 0.25) is 5.88 Å². The average molecular weight is 304 g/mol. The maximum atomic E-state index is 13.3. The predicted molar refractivity (Wildman–Crippen MR) is 67.0 cm³/mol. The Morgan fingerprint density at radius 1 is 1.57 bits per heavy atom. The van der Waals surface area contributed by atoms with Crippen molar-refractivity contribution < 1.29 is 27.8 Å². The van der Waals surface area contributed by atoms with Gasteiger partial charge in [-0.1, -0.05) is 6.07 Å². The molecule has 0 saturated carbocycles. The van der Waals surface area contributed by atoms with E-state index in [1.54, 1.807) is 18.2 Å². The van der Waals surface area contributed by atoms with Gasteiger partial charge in [-0.3, -0.25) is 4.79 Å². The van der Waals surface area contributed by atoms with Crippen molar-refractivity contribution in [3.8, 4) is 5.88 Å². The maximum Gasteiger partial charge on any atom is 0.406 e. The zero-order chi connectivity index (χ0) is 15.7. The zero-order valence-corrected chi connectivity index (χ0v) is 11.3. The molecule has 2 heterocycles. The molecular weight excluding hydrogens is 289 g/mol. The number of hydrogen-bond acceptors (Lipinski definition) is 4. The number of carbonyl (C=O) groups is 1. The molecule has 1 aromatic rings. The lowest BCUT2D eigenvalue weighted by Gasteiger charge is -2.32. The van der Waals surface area contributed by atoms with Gasteiger partial charge in [-0.15, -0.1) is 0 Å². The van der Waals surface area contributed by atoms with Gasteiger partial charge in [-0.25, -0.2) is 4.98 Å². The van der Waals surface area contributed by atoms with Gasteiger partial charge in [0, 0.05) is 24.2 Å². The highest BCUT2D eigenvalue weighted by Gasteiger charge is 2.66. The van der Waals surface area contributed by atoms with Crippen molar-refractivity contribution in [3.05, 3.63) is 23.9 Å². The zero-order valence-electron chi connectivity index (χ0n) is 11.3. The Kier molecular flexibility index (Phi) is 4.08. The molecule has 1 aliphatic rings. The second-order valence-corrected chi connectivity index (χ2v) is 4.98. The number of rotatable bonds is 4. The fraction of sp³-hybridized carbons (Fsp3) is 0.538. The van der Waals surface area contributed by atoms with E-state index < -0.39 is 30.0 Å². The number of aromatic nitrogens is 1. The Balaban J connectivity index is 2.31. The number of ether oxygens (including phenoxy) is 1. The van der Waals surface area contributed by atoms with Gasteiger partial charge in [0.15, 0.2) is 5.41 Å². The van der Waals surface area contributed by atoms with Crippen LogP contribution in [0.1, 0.15) is 5.69 Å². The predicted octanol–water partition coefficient (Wildman–Crippen LogP) is 1.49. The molecule has 0 unspecified atom stereocenters. The molecule has 2 rings (SSSR count). The molecule has 8 heteroatoms. The molecule has 1 aromatic heterocycles. The minimum absolute atomic E-state index is 0.0231. The standard InChI is InChI=1S/C13H15F3N2O3/c1-21-10-4-2-3-9(18-10)5-8-6-17-7-12(8,11(19)20)13(14,15)16/h2-4,8,17H,5-7H2,1H3,(H,19,20)/t8-,12-/m0/s1. The maximum absolute atomic E-state index is 13.3. The molecule has 1 saturated heterocycles. The largest absolute Gasteiger partial charge is 0.481 e. The summed E-state index contributed by atoms with van der Waals surface area (Å²) in [7, 11) is 1.40. The van der Waals surface area contributed by atoms with Crippen molar-refractivity contribution in [1.29, 1.82) is 0 Å². The molecule has 1 aliphatic heterocycles. The van der Waals surface area contributed by atoms with Crippen LogP contribution in [-0.2, 0) is 11.2 Å². The summed E-state index contributed by atoms with van der Waals surface area (Å²) >= 11 is 0. The molecular formula is C13H15F3N2O3. The van der Waals surface area contributed by atoms with E-state index in [2.05, 4.69) is 10.3 Å². The van der Waals surface area contributed by atoms with E-state index in [9.17, 15) is 18.0 Å². The van der Waals surface area contributed by atoms with Crippen LogP contribution in [0, 0.1) is 11.3 Å². The summed E-state index contributed by atoms with van der Waals surface area (Å²) in [5.41, 5.74) is -2.41. The first-order valence-electron chi connectivity index (χ1n) is 6.32. The number of nitrogens with one attached hydrogen (secondary N) is 1. The Morgan fingerprint density at radius 2 is 2.29 bits per heavy atom. The van der Waals surface area contributed by atoms with E-state index in [-0.39, 0.29) is 18.8 Å². The van der Waals surface area contributed by atoms with E-state index in [1.165, 1.54) is 7.11 Å². The molecule has 21 heavy (non-hydrogen) atoms. The minimum Gasteiger partial charge on any atom is -0.481 e. The Labute approximate surface area is 119 Å². The van der Waals surface area contributed by atoms with Crippen molar-refractivity contribution in [2.45, 2.75) is 12.6 Å². The molecule has 2 N–H and O–H groups in total. The number of carboxylic acids is 1. The second kappa shape index (κ2) is 5.51. The number of halogens is 3. The van der Waals surface area contributed by atoms with Crippen LogP contribution in [-0.4, -0.2) is 42.4 Å². The highest BCUT2D eigenvalue weighted by atomic mass is 19.4. The fourth-order valence-electron chi connectivity index (χ4n) is 2.65. The van der Waals surface area contributed by atoms with Crippen LogP contribution in [0.25, 0.3) is 0 Å². The van der Waals surface area contributed by atoms with Gasteiger partial charge in [-0.05, 0) is 19.0 Å². The van der Waals surface area contributed by atoms with E-state index in [0.717, 1.165) is 0 Å². The molecule has 116 valence electrons. The lowest BCUT2D eigenvalue weighted by Crippen LogP contribution is -2.51. The number of aliphatic carboxylic acids is 1. The van der Waals surface area contributed by atoms with E-state index >= 15 is 0 Å².